The minimum Gasteiger partial charge on any atom is -0.465 e. The molecule has 2 rings (SSSR count). The Balaban J connectivity index is 2.66. The number of rotatable bonds is 3. The Hall–Kier alpha value is -1.81. The number of ether oxygens (including phenoxy) is 1. The molecule has 0 spiro atoms. The predicted molar refractivity (Wildman–Crippen MR) is 74.6 cm³/mol. The van der Waals surface area contributed by atoms with Gasteiger partial charge in [0.2, 0.25) is 0 Å². The molecule has 0 unspecified atom stereocenters. The Morgan fingerprint density at radius 1 is 1.42 bits per heavy atom. The number of esters is 1. The summed E-state index contributed by atoms with van der Waals surface area (Å²) in [4.78, 5) is 23.6. The van der Waals surface area contributed by atoms with Gasteiger partial charge in [-0.2, -0.15) is 0 Å². The van der Waals surface area contributed by atoms with Gasteiger partial charge in [-0.25, -0.2) is 0 Å². The number of benzene rings is 1. The van der Waals surface area contributed by atoms with E-state index >= 15 is 0 Å². The van der Waals surface area contributed by atoms with Crippen LogP contribution in [0.2, 0.25) is 5.02 Å². The zero-order valence-corrected chi connectivity index (χ0v) is 11.5. The molecule has 1 heterocycles. The molecule has 0 saturated heterocycles. The number of aromatic nitrogens is 1. The lowest BCUT2D eigenvalue weighted by Crippen LogP contribution is -2.19. The topological polar surface area (TPSA) is 48.3 Å². The van der Waals surface area contributed by atoms with Crippen molar-refractivity contribution in [1.29, 1.82) is 0 Å². The van der Waals surface area contributed by atoms with E-state index < -0.39 is 0 Å². The van der Waals surface area contributed by atoms with Crippen molar-refractivity contribution >= 4 is 28.5 Å². The van der Waals surface area contributed by atoms with Crippen LogP contribution in [-0.4, -0.2) is 17.1 Å². The molecule has 0 aliphatic heterocycles. The van der Waals surface area contributed by atoms with Crippen LogP contribution in [0, 0.1) is 6.92 Å². The summed E-state index contributed by atoms with van der Waals surface area (Å²) >= 11 is 6.15. The molecule has 0 bridgehead atoms. The summed E-state index contributed by atoms with van der Waals surface area (Å²) in [6.07, 6.45) is 0. The van der Waals surface area contributed by atoms with Gasteiger partial charge < -0.3 is 9.30 Å². The Morgan fingerprint density at radius 3 is 2.84 bits per heavy atom. The molecule has 0 aliphatic carbocycles. The predicted octanol–water partition coefficient (Wildman–Crippen LogP) is 2.53. The number of fused-ring (bicyclic) bond motifs is 1. The Kier molecular flexibility index (Phi) is 3.90. The normalized spacial score (nSPS) is 10.7. The summed E-state index contributed by atoms with van der Waals surface area (Å²) in [5, 5.41) is 0.949. The van der Waals surface area contributed by atoms with E-state index in [0.29, 0.717) is 28.2 Å². The number of carbonyl (C=O) groups is 1. The van der Waals surface area contributed by atoms with Crippen LogP contribution in [0.3, 0.4) is 0 Å². The summed E-state index contributed by atoms with van der Waals surface area (Å²) in [7, 11) is 0. The smallest absolute Gasteiger partial charge is 0.325 e. The van der Waals surface area contributed by atoms with Crippen LogP contribution >= 0.6 is 11.6 Å². The van der Waals surface area contributed by atoms with Gasteiger partial charge in [0.25, 0.3) is 0 Å². The molecule has 5 heteroatoms. The van der Waals surface area contributed by atoms with Crippen LogP contribution in [0.4, 0.5) is 0 Å². The van der Waals surface area contributed by atoms with E-state index in [1.54, 1.807) is 36.6 Å². The number of hydrogen-bond acceptors (Lipinski definition) is 3. The molecular formula is C14H14ClNO3. The Morgan fingerprint density at radius 2 is 2.16 bits per heavy atom. The molecule has 1 aromatic heterocycles. The average molecular weight is 280 g/mol. The van der Waals surface area contributed by atoms with Crippen LogP contribution in [0.1, 0.15) is 12.6 Å². The minimum absolute atomic E-state index is 0.0419. The molecule has 0 saturated carbocycles. The molecule has 0 radical (unpaired) electrons. The van der Waals surface area contributed by atoms with Gasteiger partial charge in [0.15, 0.2) is 5.43 Å². The third-order valence-corrected chi connectivity index (χ3v) is 3.19. The van der Waals surface area contributed by atoms with Crippen LogP contribution in [0.25, 0.3) is 10.9 Å². The SMILES string of the molecule is CCOC(=O)Cn1c(C)cc(=O)c2cccc(Cl)c21. The number of pyridine rings is 1. The first-order chi connectivity index (χ1) is 9.04. The fourth-order valence-electron chi connectivity index (χ4n) is 2.05. The first-order valence-corrected chi connectivity index (χ1v) is 6.36. The number of aryl methyl sites for hydroxylation is 1. The zero-order chi connectivity index (χ0) is 14.0. The Labute approximate surface area is 115 Å². The van der Waals surface area contributed by atoms with Crippen molar-refractivity contribution in [3.63, 3.8) is 0 Å². The quantitative estimate of drug-likeness (QED) is 0.811. The highest BCUT2D eigenvalue weighted by atomic mass is 35.5. The molecule has 1 aromatic carbocycles. The molecule has 100 valence electrons. The molecular weight excluding hydrogens is 266 g/mol. The van der Waals surface area contributed by atoms with E-state index in [1.165, 1.54) is 6.07 Å². The van der Waals surface area contributed by atoms with Crippen molar-refractivity contribution in [2.45, 2.75) is 20.4 Å². The average Bonchev–Trinajstić information content (AvgIpc) is 2.35. The van der Waals surface area contributed by atoms with E-state index in [1.807, 2.05) is 0 Å². The standard InChI is InChI=1S/C14H14ClNO3/c1-3-19-13(18)8-16-9(2)7-12(17)10-5-4-6-11(15)14(10)16/h4-7H,3,8H2,1-2H3. The molecule has 0 atom stereocenters. The second kappa shape index (κ2) is 5.45. The van der Waals surface area contributed by atoms with E-state index in [2.05, 4.69) is 0 Å². The zero-order valence-electron chi connectivity index (χ0n) is 10.8. The first-order valence-electron chi connectivity index (χ1n) is 5.99. The van der Waals surface area contributed by atoms with E-state index in [4.69, 9.17) is 16.3 Å². The molecule has 0 fully saturated rings. The van der Waals surface area contributed by atoms with Crippen molar-refractivity contribution < 1.29 is 9.53 Å². The second-order valence-corrected chi connectivity index (χ2v) is 4.58. The fourth-order valence-corrected chi connectivity index (χ4v) is 2.33. The molecule has 0 aliphatic rings. The second-order valence-electron chi connectivity index (χ2n) is 4.18. The van der Waals surface area contributed by atoms with Crippen LogP contribution in [0.15, 0.2) is 29.1 Å². The number of halogens is 1. The number of nitrogens with zero attached hydrogens (tertiary/aromatic N) is 1. The molecule has 0 amide bonds. The maximum atomic E-state index is 11.9. The van der Waals surface area contributed by atoms with E-state index in [0.717, 1.165) is 0 Å². The Bertz CT molecular complexity index is 691. The minimum atomic E-state index is -0.351. The lowest BCUT2D eigenvalue weighted by Gasteiger charge is -2.14. The third-order valence-electron chi connectivity index (χ3n) is 2.88. The van der Waals surface area contributed by atoms with Gasteiger partial charge in [0, 0.05) is 17.1 Å². The third kappa shape index (κ3) is 2.63. The summed E-state index contributed by atoms with van der Waals surface area (Å²) in [6.45, 7) is 3.88. The lowest BCUT2D eigenvalue weighted by molar-refractivity contribution is -0.143. The number of hydrogen-bond donors (Lipinski definition) is 0. The summed E-state index contributed by atoms with van der Waals surface area (Å²) < 4.78 is 6.64. The first kappa shape index (κ1) is 13.6. The maximum Gasteiger partial charge on any atom is 0.325 e. The van der Waals surface area contributed by atoms with Gasteiger partial charge in [0.1, 0.15) is 6.54 Å². The van der Waals surface area contributed by atoms with Crippen molar-refractivity contribution in [1.82, 2.24) is 4.57 Å². The van der Waals surface area contributed by atoms with Crippen molar-refractivity contribution in [2.24, 2.45) is 0 Å². The van der Waals surface area contributed by atoms with Crippen molar-refractivity contribution in [3.8, 4) is 0 Å². The van der Waals surface area contributed by atoms with Gasteiger partial charge in [0.05, 0.1) is 17.1 Å². The summed E-state index contributed by atoms with van der Waals surface area (Å²) in [6, 6.07) is 6.61. The van der Waals surface area contributed by atoms with Gasteiger partial charge in [-0.05, 0) is 26.0 Å². The number of para-hydroxylation sites is 1. The fraction of sp³-hybridized carbons (Fsp3) is 0.286. The van der Waals surface area contributed by atoms with Crippen LogP contribution in [0.5, 0.6) is 0 Å². The molecule has 2 aromatic rings. The van der Waals surface area contributed by atoms with E-state index in [9.17, 15) is 9.59 Å². The van der Waals surface area contributed by atoms with Crippen LogP contribution < -0.4 is 5.43 Å². The monoisotopic (exact) mass is 279 g/mol. The molecule has 19 heavy (non-hydrogen) atoms. The van der Waals surface area contributed by atoms with Gasteiger partial charge in [-0.3, -0.25) is 9.59 Å². The van der Waals surface area contributed by atoms with Gasteiger partial charge >= 0.3 is 5.97 Å². The largest absolute Gasteiger partial charge is 0.465 e. The van der Waals surface area contributed by atoms with E-state index in [-0.39, 0.29) is 17.9 Å². The van der Waals surface area contributed by atoms with Crippen molar-refractivity contribution in [2.75, 3.05) is 6.61 Å². The van der Waals surface area contributed by atoms with Gasteiger partial charge in [-0.15, -0.1) is 0 Å². The number of carbonyl (C=O) groups excluding carboxylic acids is 1. The summed E-state index contributed by atoms with van der Waals surface area (Å²) in [5.41, 5.74) is 1.15. The molecule has 0 N–H and O–H groups in total. The van der Waals surface area contributed by atoms with Crippen LogP contribution in [-0.2, 0) is 16.1 Å². The highest BCUT2D eigenvalue weighted by molar-refractivity contribution is 6.35. The highest BCUT2D eigenvalue weighted by Crippen LogP contribution is 2.22. The van der Waals surface area contributed by atoms with Gasteiger partial charge in [-0.1, -0.05) is 17.7 Å². The van der Waals surface area contributed by atoms with Crippen molar-refractivity contribution in [3.05, 3.63) is 45.2 Å². The molecule has 4 nitrogen and oxygen atoms in total. The highest BCUT2D eigenvalue weighted by Gasteiger charge is 2.12. The maximum absolute atomic E-state index is 11.9. The lowest BCUT2D eigenvalue weighted by atomic mass is 10.2. The summed E-state index contributed by atoms with van der Waals surface area (Å²) in [5.74, 6) is -0.351.